The second-order valence-corrected chi connectivity index (χ2v) is 11.2. The highest BCUT2D eigenvalue weighted by atomic mass is 35.5. The van der Waals surface area contributed by atoms with Crippen LogP contribution in [0.15, 0.2) is 85.5 Å². The standard InChI is InChI=1S/C34H32Cl2N8O2/c1-45-33-23(19-37-13-21-15-39-40-16-21)9-11-29(43-33)27-7-3-5-25(31(27)35)26-6-4-8-28(32(26)36)30-12-10-24(34(44-30)46-2)20-38-14-22-17-41-42-18-22/h3-12,15-18,37-38H,13-14,19-20H2,1-2H3,(H,39,40)(H,41,42). The number of pyridine rings is 2. The Bertz CT molecular complexity index is 1770. The van der Waals surface area contributed by atoms with Gasteiger partial charge in [0, 0.05) is 83.1 Å². The average molecular weight is 656 g/mol. The third kappa shape index (κ3) is 6.90. The number of nitrogens with zero attached hydrogens (tertiary/aromatic N) is 4. The minimum absolute atomic E-state index is 0.527. The van der Waals surface area contributed by atoms with Crippen molar-refractivity contribution in [3.63, 3.8) is 0 Å². The van der Waals surface area contributed by atoms with E-state index in [-0.39, 0.29) is 0 Å². The highest BCUT2D eigenvalue weighted by molar-refractivity contribution is 6.39. The normalized spacial score (nSPS) is 11.1. The molecule has 0 bridgehead atoms. The number of hydrogen-bond donors (Lipinski definition) is 4. The van der Waals surface area contributed by atoms with Crippen molar-refractivity contribution in [2.75, 3.05) is 14.2 Å². The molecule has 0 aliphatic carbocycles. The van der Waals surface area contributed by atoms with Crippen LogP contribution in [0.25, 0.3) is 33.6 Å². The molecule has 0 atom stereocenters. The van der Waals surface area contributed by atoms with Crippen molar-refractivity contribution in [1.29, 1.82) is 0 Å². The van der Waals surface area contributed by atoms with Crippen LogP contribution < -0.4 is 20.1 Å². The summed E-state index contributed by atoms with van der Waals surface area (Å²) in [6.07, 6.45) is 7.29. The number of aromatic nitrogens is 6. The third-order valence-electron chi connectivity index (χ3n) is 7.50. The van der Waals surface area contributed by atoms with Gasteiger partial charge in [-0.25, -0.2) is 9.97 Å². The van der Waals surface area contributed by atoms with Crippen LogP contribution in [-0.4, -0.2) is 44.6 Å². The van der Waals surface area contributed by atoms with Gasteiger partial charge in [0.2, 0.25) is 11.8 Å². The molecular formula is C34H32Cl2N8O2. The lowest BCUT2D eigenvalue weighted by molar-refractivity contribution is 0.391. The summed E-state index contributed by atoms with van der Waals surface area (Å²) in [7, 11) is 3.23. The molecule has 4 N–H and O–H groups in total. The largest absolute Gasteiger partial charge is 0.481 e. The molecule has 0 aliphatic rings. The fourth-order valence-electron chi connectivity index (χ4n) is 5.17. The quantitative estimate of drug-likeness (QED) is 0.107. The van der Waals surface area contributed by atoms with Crippen LogP contribution in [0.4, 0.5) is 0 Å². The molecule has 0 saturated carbocycles. The first-order chi connectivity index (χ1) is 22.6. The smallest absolute Gasteiger partial charge is 0.218 e. The minimum atomic E-state index is 0.527. The summed E-state index contributed by atoms with van der Waals surface area (Å²) in [6.45, 7) is 2.51. The van der Waals surface area contributed by atoms with Crippen molar-refractivity contribution in [3.05, 3.63) is 118 Å². The highest BCUT2D eigenvalue weighted by Crippen LogP contribution is 2.42. The first-order valence-corrected chi connectivity index (χ1v) is 15.3. The van der Waals surface area contributed by atoms with Gasteiger partial charge in [0.1, 0.15) is 0 Å². The Morgan fingerprint density at radius 2 is 1.02 bits per heavy atom. The van der Waals surface area contributed by atoms with Gasteiger partial charge in [-0.15, -0.1) is 0 Å². The lowest BCUT2D eigenvalue weighted by Crippen LogP contribution is -2.13. The summed E-state index contributed by atoms with van der Waals surface area (Å²) in [5.41, 5.74) is 8.48. The van der Waals surface area contributed by atoms with Gasteiger partial charge in [-0.3, -0.25) is 10.2 Å². The van der Waals surface area contributed by atoms with E-state index >= 15 is 0 Å². The van der Waals surface area contributed by atoms with Gasteiger partial charge in [0.25, 0.3) is 0 Å². The SMILES string of the molecule is COc1nc(-c2cccc(-c3cccc(-c4ccc(CNCc5cn[nH]c5)c(OC)n4)c3Cl)c2Cl)ccc1CNCc1cn[nH]c1. The number of nitrogens with one attached hydrogen (secondary N) is 4. The molecule has 0 fully saturated rings. The van der Waals surface area contributed by atoms with E-state index in [2.05, 4.69) is 31.0 Å². The van der Waals surface area contributed by atoms with Crippen molar-refractivity contribution in [2.45, 2.75) is 26.2 Å². The van der Waals surface area contributed by atoms with E-state index in [1.165, 1.54) is 0 Å². The molecule has 0 saturated heterocycles. The van der Waals surface area contributed by atoms with E-state index in [1.54, 1.807) is 26.6 Å². The Balaban J connectivity index is 1.24. The van der Waals surface area contributed by atoms with Gasteiger partial charge in [-0.1, -0.05) is 71.7 Å². The Labute approximate surface area is 276 Å². The van der Waals surface area contributed by atoms with Crippen LogP contribution in [0.1, 0.15) is 22.3 Å². The lowest BCUT2D eigenvalue weighted by atomic mass is 9.98. The summed E-state index contributed by atoms with van der Waals surface area (Å²) in [5.74, 6) is 1.05. The number of halogens is 2. The summed E-state index contributed by atoms with van der Waals surface area (Å²) in [4.78, 5) is 9.58. The molecular weight excluding hydrogens is 623 g/mol. The van der Waals surface area contributed by atoms with Crippen LogP contribution in [0.3, 0.4) is 0 Å². The molecule has 10 nitrogen and oxygen atoms in total. The zero-order valence-electron chi connectivity index (χ0n) is 25.3. The second kappa shape index (κ2) is 14.6. The van der Waals surface area contributed by atoms with E-state index in [9.17, 15) is 0 Å². The molecule has 0 radical (unpaired) electrons. The molecule has 0 spiro atoms. The Hall–Kier alpha value is -4.74. The monoisotopic (exact) mass is 654 g/mol. The number of benzene rings is 2. The molecule has 6 aromatic rings. The lowest BCUT2D eigenvalue weighted by Gasteiger charge is -2.15. The number of ether oxygens (including phenoxy) is 2. The molecule has 0 aliphatic heterocycles. The fraction of sp³-hybridized carbons (Fsp3) is 0.176. The third-order valence-corrected chi connectivity index (χ3v) is 8.32. The van der Waals surface area contributed by atoms with Crippen LogP contribution >= 0.6 is 23.2 Å². The molecule has 6 rings (SSSR count). The highest BCUT2D eigenvalue weighted by Gasteiger charge is 2.18. The summed E-state index contributed by atoms with van der Waals surface area (Å²) in [5, 5.41) is 21.4. The summed E-state index contributed by atoms with van der Waals surface area (Å²) < 4.78 is 11.3. The second-order valence-electron chi connectivity index (χ2n) is 10.5. The number of hydrogen-bond acceptors (Lipinski definition) is 8. The molecule has 4 heterocycles. The van der Waals surface area contributed by atoms with Gasteiger partial charge < -0.3 is 20.1 Å². The summed E-state index contributed by atoms with van der Waals surface area (Å²) in [6, 6.07) is 19.6. The Morgan fingerprint density at radius 1 is 0.587 bits per heavy atom. The fourth-order valence-corrected chi connectivity index (χ4v) is 5.82. The van der Waals surface area contributed by atoms with Gasteiger partial charge in [-0.2, -0.15) is 10.2 Å². The molecule has 12 heteroatoms. The van der Waals surface area contributed by atoms with Gasteiger partial charge in [-0.05, 0) is 12.1 Å². The van der Waals surface area contributed by atoms with Gasteiger partial charge in [0.05, 0.1) is 48.0 Å². The maximum atomic E-state index is 7.07. The number of H-pyrrole nitrogens is 2. The van der Waals surface area contributed by atoms with Gasteiger partial charge >= 0.3 is 0 Å². The van der Waals surface area contributed by atoms with Crippen LogP contribution in [0.5, 0.6) is 11.8 Å². The Morgan fingerprint density at radius 3 is 1.41 bits per heavy atom. The maximum absolute atomic E-state index is 7.07. The summed E-state index contributed by atoms with van der Waals surface area (Å²) >= 11 is 14.1. The minimum Gasteiger partial charge on any atom is -0.481 e. The van der Waals surface area contributed by atoms with Gasteiger partial charge in [0.15, 0.2) is 0 Å². The predicted molar refractivity (Wildman–Crippen MR) is 180 cm³/mol. The Kier molecular flexibility index (Phi) is 9.90. The maximum Gasteiger partial charge on any atom is 0.218 e. The van der Waals surface area contributed by atoms with Crippen LogP contribution in [-0.2, 0) is 26.2 Å². The molecule has 0 unspecified atom stereocenters. The average Bonchev–Trinajstić information content (AvgIpc) is 3.81. The number of rotatable bonds is 13. The van der Waals surface area contributed by atoms with Crippen molar-refractivity contribution >= 4 is 23.2 Å². The molecule has 0 amide bonds. The molecule has 4 aromatic heterocycles. The molecule has 2 aromatic carbocycles. The van der Waals surface area contributed by atoms with Crippen molar-refractivity contribution in [1.82, 2.24) is 41.0 Å². The van der Waals surface area contributed by atoms with Crippen molar-refractivity contribution in [2.24, 2.45) is 0 Å². The van der Waals surface area contributed by atoms with E-state index in [0.29, 0.717) is 59.4 Å². The van der Waals surface area contributed by atoms with E-state index in [0.717, 1.165) is 44.5 Å². The molecule has 46 heavy (non-hydrogen) atoms. The number of aromatic amines is 2. The van der Waals surface area contributed by atoms with E-state index in [4.69, 9.17) is 42.6 Å². The van der Waals surface area contributed by atoms with Crippen molar-refractivity contribution < 1.29 is 9.47 Å². The molecule has 234 valence electrons. The number of methoxy groups -OCH3 is 2. The zero-order chi connectivity index (χ0) is 31.9. The topological polar surface area (TPSA) is 126 Å². The first kappa shape index (κ1) is 31.3. The van der Waals surface area contributed by atoms with Crippen LogP contribution in [0.2, 0.25) is 10.0 Å². The predicted octanol–water partition coefficient (Wildman–Crippen LogP) is 6.83. The van der Waals surface area contributed by atoms with E-state index in [1.807, 2.05) is 73.1 Å². The van der Waals surface area contributed by atoms with E-state index < -0.39 is 0 Å². The zero-order valence-corrected chi connectivity index (χ0v) is 26.8. The van der Waals surface area contributed by atoms with Crippen molar-refractivity contribution in [3.8, 4) is 45.4 Å². The first-order valence-electron chi connectivity index (χ1n) is 14.6. The van der Waals surface area contributed by atoms with Crippen LogP contribution in [0, 0.1) is 0 Å².